The van der Waals surface area contributed by atoms with Crippen LogP contribution in [0, 0.1) is 6.92 Å². The lowest BCUT2D eigenvalue weighted by molar-refractivity contribution is 0.0953. The summed E-state index contributed by atoms with van der Waals surface area (Å²) in [5, 5.41) is 7.64. The van der Waals surface area contributed by atoms with Crippen LogP contribution in [0.1, 0.15) is 21.6 Å². The molecule has 0 atom stereocenters. The number of aryl methyl sites for hydroxylation is 1. The van der Waals surface area contributed by atoms with E-state index in [0.717, 1.165) is 5.56 Å². The van der Waals surface area contributed by atoms with Crippen LogP contribution in [0.3, 0.4) is 0 Å². The molecule has 4 nitrogen and oxygen atoms in total. The summed E-state index contributed by atoms with van der Waals surface area (Å²) in [6.45, 7) is 2.19. The van der Waals surface area contributed by atoms with Crippen molar-refractivity contribution in [3.05, 3.63) is 51.3 Å². The van der Waals surface area contributed by atoms with Crippen LogP contribution in [-0.4, -0.2) is 17.6 Å². The van der Waals surface area contributed by atoms with Gasteiger partial charge in [0.05, 0.1) is 5.69 Å². The smallest absolute Gasteiger partial charge is 0.256 e. The number of halogens is 2. The summed E-state index contributed by atoms with van der Waals surface area (Å²) in [7, 11) is 0. The highest BCUT2D eigenvalue weighted by molar-refractivity contribution is 6.35. The Morgan fingerprint density at radius 2 is 2.21 bits per heavy atom. The first-order valence-corrected chi connectivity index (χ1v) is 6.46. The van der Waals surface area contributed by atoms with Crippen LogP contribution in [0.2, 0.25) is 10.0 Å². The van der Waals surface area contributed by atoms with Gasteiger partial charge in [0.25, 0.3) is 5.91 Å². The van der Waals surface area contributed by atoms with Gasteiger partial charge in [-0.1, -0.05) is 34.4 Å². The molecule has 0 bridgehead atoms. The highest BCUT2D eigenvalue weighted by Gasteiger charge is 2.12. The van der Waals surface area contributed by atoms with Gasteiger partial charge in [-0.2, -0.15) is 0 Å². The Hall–Kier alpha value is -1.52. The Morgan fingerprint density at radius 3 is 2.84 bits per heavy atom. The summed E-state index contributed by atoms with van der Waals surface area (Å²) in [5.74, 6) is -0.205. The highest BCUT2D eigenvalue weighted by atomic mass is 35.5. The first-order chi connectivity index (χ1) is 9.08. The lowest BCUT2D eigenvalue weighted by atomic mass is 10.1. The normalized spacial score (nSPS) is 10.5. The average Bonchev–Trinajstić information content (AvgIpc) is 2.78. The summed E-state index contributed by atoms with van der Waals surface area (Å²) in [5.41, 5.74) is 1.96. The molecule has 2 rings (SSSR count). The maximum Gasteiger partial charge on any atom is 0.256 e. The minimum Gasteiger partial charge on any atom is -0.364 e. The quantitative estimate of drug-likeness (QED) is 0.942. The number of hydrogen-bond donors (Lipinski definition) is 1. The maximum atomic E-state index is 11.8. The molecule has 0 radical (unpaired) electrons. The van der Waals surface area contributed by atoms with Crippen molar-refractivity contribution in [3.63, 3.8) is 0 Å². The summed E-state index contributed by atoms with van der Waals surface area (Å²) < 4.78 is 4.72. The highest BCUT2D eigenvalue weighted by Crippen LogP contribution is 2.21. The lowest BCUT2D eigenvalue weighted by Crippen LogP contribution is -2.26. The second-order valence-electron chi connectivity index (χ2n) is 4.06. The van der Waals surface area contributed by atoms with Crippen LogP contribution in [-0.2, 0) is 6.42 Å². The van der Waals surface area contributed by atoms with Crippen LogP contribution < -0.4 is 5.32 Å². The molecule has 0 aliphatic rings. The third-order valence-electron chi connectivity index (χ3n) is 2.69. The number of nitrogens with one attached hydrogen (secondary N) is 1. The predicted molar refractivity (Wildman–Crippen MR) is 73.7 cm³/mol. The fourth-order valence-electron chi connectivity index (χ4n) is 1.64. The zero-order valence-electron chi connectivity index (χ0n) is 10.2. The van der Waals surface area contributed by atoms with Gasteiger partial charge in [0.1, 0.15) is 11.8 Å². The van der Waals surface area contributed by atoms with Crippen molar-refractivity contribution in [2.45, 2.75) is 13.3 Å². The Balaban J connectivity index is 1.90. The number of nitrogens with zero attached hydrogens (tertiary/aromatic N) is 1. The molecular weight excluding hydrogens is 287 g/mol. The van der Waals surface area contributed by atoms with Crippen molar-refractivity contribution < 1.29 is 9.32 Å². The van der Waals surface area contributed by atoms with E-state index in [9.17, 15) is 4.79 Å². The molecule has 0 saturated carbocycles. The Bertz CT molecular complexity index is 596. The first-order valence-electron chi connectivity index (χ1n) is 5.71. The van der Waals surface area contributed by atoms with E-state index in [1.165, 1.54) is 6.26 Å². The van der Waals surface area contributed by atoms with Gasteiger partial charge in [0.15, 0.2) is 0 Å². The number of aromatic nitrogens is 1. The van der Waals surface area contributed by atoms with Gasteiger partial charge in [-0.25, -0.2) is 0 Å². The van der Waals surface area contributed by atoms with E-state index >= 15 is 0 Å². The second-order valence-corrected chi connectivity index (χ2v) is 4.90. The molecule has 1 N–H and O–H groups in total. The molecule has 1 aromatic heterocycles. The first kappa shape index (κ1) is 13.9. The number of amides is 1. The van der Waals surface area contributed by atoms with Crippen LogP contribution in [0.5, 0.6) is 0 Å². The number of carbonyl (C=O) groups is 1. The molecular formula is C13H12Cl2N2O2. The van der Waals surface area contributed by atoms with E-state index < -0.39 is 0 Å². The molecule has 2 aromatic rings. The Morgan fingerprint density at radius 1 is 1.42 bits per heavy atom. The molecule has 19 heavy (non-hydrogen) atoms. The van der Waals surface area contributed by atoms with Gasteiger partial charge in [-0.15, -0.1) is 0 Å². The van der Waals surface area contributed by atoms with E-state index in [4.69, 9.17) is 27.7 Å². The van der Waals surface area contributed by atoms with Gasteiger partial charge in [-0.05, 0) is 31.0 Å². The number of benzene rings is 1. The molecule has 1 amide bonds. The Labute approximate surface area is 120 Å². The van der Waals surface area contributed by atoms with Gasteiger partial charge in [-0.3, -0.25) is 4.79 Å². The SMILES string of the molecule is Cc1nocc1C(=O)NCCc1ccc(Cl)cc1Cl. The topological polar surface area (TPSA) is 55.1 Å². The van der Waals surface area contributed by atoms with Crippen LogP contribution in [0.15, 0.2) is 29.0 Å². The molecule has 1 aromatic carbocycles. The fourth-order valence-corrected chi connectivity index (χ4v) is 2.14. The van der Waals surface area contributed by atoms with Gasteiger partial charge in [0.2, 0.25) is 0 Å². The number of rotatable bonds is 4. The van der Waals surface area contributed by atoms with Crippen LogP contribution >= 0.6 is 23.2 Å². The molecule has 0 unspecified atom stereocenters. The van der Waals surface area contributed by atoms with Crippen molar-refractivity contribution in [1.29, 1.82) is 0 Å². The minimum absolute atomic E-state index is 0.205. The zero-order chi connectivity index (χ0) is 13.8. The van der Waals surface area contributed by atoms with E-state index in [-0.39, 0.29) is 5.91 Å². The van der Waals surface area contributed by atoms with Crippen LogP contribution in [0.4, 0.5) is 0 Å². The number of hydrogen-bond acceptors (Lipinski definition) is 3. The summed E-state index contributed by atoms with van der Waals surface area (Å²) in [6.07, 6.45) is 1.96. The molecule has 6 heteroatoms. The lowest BCUT2D eigenvalue weighted by Gasteiger charge is -2.06. The van der Waals surface area contributed by atoms with Gasteiger partial charge >= 0.3 is 0 Å². The van der Waals surface area contributed by atoms with E-state index in [1.807, 2.05) is 6.07 Å². The summed E-state index contributed by atoms with van der Waals surface area (Å²) >= 11 is 11.9. The number of carbonyl (C=O) groups excluding carboxylic acids is 1. The van der Waals surface area contributed by atoms with Crippen molar-refractivity contribution >= 4 is 29.1 Å². The standard InChI is InChI=1S/C13H12Cl2N2O2/c1-8-11(7-19-17-8)13(18)16-5-4-9-2-3-10(14)6-12(9)15/h2-3,6-7H,4-5H2,1H3,(H,16,18). The third kappa shape index (κ3) is 3.49. The predicted octanol–water partition coefficient (Wildman–Crippen LogP) is 3.26. The van der Waals surface area contributed by atoms with E-state index in [1.54, 1.807) is 19.1 Å². The molecule has 1 heterocycles. The molecule has 0 aliphatic heterocycles. The maximum absolute atomic E-state index is 11.8. The van der Waals surface area contributed by atoms with Gasteiger partial charge in [0, 0.05) is 16.6 Å². The molecule has 0 spiro atoms. The van der Waals surface area contributed by atoms with E-state index in [0.29, 0.717) is 34.3 Å². The average molecular weight is 299 g/mol. The largest absolute Gasteiger partial charge is 0.364 e. The molecule has 0 fully saturated rings. The van der Waals surface area contributed by atoms with Crippen LogP contribution in [0.25, 0.3) is 0 Å². The van der Waals surface area contributed by atoms with Crippen molar-refractivity contribution in [3.8, 4) is 0 Å². The van der Waals surface area contributed by atoms with Crippen molar-refractivity contribution in [1.82, 2.24) is 10.5 Å². The molecule has 0 saturated heterocycles. The molecule has 100 valence electrons. The van der Waals surface area contributed by atoms with E-state index in [2.05, 4.69) is 10.5 Å². The summed E-state index contributed by atoms with van der Waals surface area (Å²) in [4.78, 5) is 11.8. The Kier molecular flexibility index (Phi) is 4.45. The van der Waals surface area contributed by atoms with Crippen molar-refractivity contribution in [2.75, 3.05) is 6.54 Å². The van der Waals surface area contributed by atoms with Crippen molar-refractivity contribution in [2.24, 2.45) is 0 Å². The monoisotopic (exact) mass is 298 g/mol. The second kappa shape index (κ2) is 6.08. The van der Waals surface area contributed by atoms with Gasteiger partial charge < -0.3 is 9.84 Å². The molecule has 0 aliphatic carbocycles. The summed E-state index contributed by atoms with van der Waals surface area (Å²) in [6, 6.07) is 5.31. The fraction of sp³-hybridized carbons (Fsp3) is 0.231. The third-order valence-corrected chi connectivity index (χ3v) is 3.28. The minimum atomic E-state index is -0.205. The zero-order valence-corrected chi connectivity index (χ0v) is 11.8.